The number of fused-ring (bicyclic) bond motifs is 1. The maximum absolute atomic E-state index is 12.8. The Hall–Kier alpha value is -2.86. The average Bonchev–Trinajstić information content (AvgIpc) is 2.66. The first kappa shape index (κ1) is 20.9. The summed E-state index contributed by atoms with van der Waals surface area (Å²) in [4.78, 5) is 12.8. The SMILES string of the molecule is Cc1ccc(C)c([C@@H](C)NC(=O)CN(c2cccc3ccccc23)S(C)(=O)=O)c1. The second kappa shape index (κ2) is 8.25. The molecule has 0 spiro atoms. The molecule has 0 saturated heterocycles. The zero-order valence-electron chi connectivity index (χ0n) is 17.1. The van der Waals surface area contributed by atoms with Crippen LogP contribution in [0.5, 0.6) is 0 Å². The summed E-state index contributed by atoms with van der Waals surface area (Å²) in [7, 11) is -3.65. The number of sulfonamides is 1. The highest BCUT2D eigenvalue weighted by atomic mass is 32.2. The fraction of sp³-hybridized carbons (Fsp3) is 0.261. The minimum Gasteiger partial charge on any atom is -0.348 e. The van der Waals surface area contributed by atoms with Gasteiger partial charge in [0.1, 0.15) is 6.54 Å². The Balaban J connectivity index is 1.88. The molecule has 0 bridgehead atoms. The molecule has 6 heteroatoms. The molecular weight excluding hydrogens is 384 g/mol. The van der Waals surface area contributed by atoms with E-state index in [4.69, 9.17) is 0 Å². The zero-order valence-corrected chi connectivity index (χ0v) is 18.0. The number of anilines is 1. The van der Waals surface area contributed by atoms with Crippen LogP contribution in [0.4, 0.5) is 5.69 Å². The van der Waals surface area contributed by atoms with Crippen molar-refractivity contribution in [2.75, 3.05) is 17.1 Å². The van der Waals surface area contributed by atoms with Crippen LogP contribution in [0.1, 0.15) is 29.7 Å². The van der Waals surface area contributed by atoms with E-state index in [1.54, 1.807) is 12.1 Å². The van der Waals surface area contributed by atoms with E-state index in [1.165, 1.54) is 4.31 Å². The number of hydrogen-bond donors (Lipinski definition) is 1. The van der Waals surface area contributed by atoms with Crippen molar-refractivity contribution in [3.63, 3.8) is 0 Å². The average molecular weight is 411 g/mol. The fourth-order valence-corrected chi connectivity index (χ4v) is 4.40. The van der Waals surface area contributed by atoms with Gasteiger partial charge in [-0.15, -0.1) is 0 Å². The number of amides is 1. The number of benzene rings is 3. The minimum atomic E-state index is -3.65. The van der Waals surface area contributed by atoms with Gasteiger partial charge in [-0.25, -0.2) is 8.42 Å². The van der Waals surface area contributed by atoms with Crippen LogP contribution in [0.3, 0.4) is 0 Å². The molecular formula is C23H26N2O3S. The summed E-state index contributed by atoms with van der Waals surface area (Å²) >= 11 is 0. The molecule has 152 valence electrons. The summed E-state index contributed by atoms with van der Waals surface area (Å²) in [6, 6.07) is 18.8. The van der Waals surface area contributed by atoms with Gasteiger partial charge >= 0.3 is 0 Å². The molecule has 0 heterocycles. The van der Waals surface area contributed by atoms with Gasteiger partial charge in [0, 0.05) is 5.39 Å². The first-order chi connectivity index (χ1) is 13.7. The lowest BCUT2D eigenvalue weighted by Gasteiger charge is -2.25. The maximum atomic E-state index is 12.8. The van der Waals surface area contributed by atoms with Crippen molar-refractivity contribution in [2.45, 2.75) is 26.8 Å². The van der Waals surface area contributed by atoms with Gasteiger partial charge in [0.25, 0.3) is 0 Å². The molecule has 1 N–H and O–H groups in total. The Kier molecular flexibility index (Phi) is 5.94. The van der Waals surface area contributed by atoms with Crippen molar-refractivity contribution in [3.8, 4) is 0 Å². The predicted molar refractivity (Wildman–Crippen MR) is 119 cm³/mol. The summed E-state index contributed by atoms with van der Waals surface area (Å²) in [5, 5.41) is 4.65. The van der Waals surface area contributed by atoms with Crippen LogP contribution in [0.25, 0.3) is 10.8 Å². The fourth-order valence-electron chi connectivity index (χ4n) is 3.53. The third-order valence-electron chi connectivity index (χ3n) is 5.00. The third kappa shape index (κ3) is 4.77. The number of nitrogens with zero attached hydrogens (tertiary/aromatic N) is 1. The van der Waals surface area contributed by atoms with E-state index in [2.05, 4.69) is 5.32 Å². The number of carbonyl (C=O) groups is 1. The molecule has 0 unspecified atom stereocenters. The van der Waals surface area contributed by atoms with Crippen LogP contribution in [0.15, 0.2) is 60.7 Å². The summed E-state index contributed by atoms with van der Waals surface area (Å²) in [6.45, 7) is 5.63. The van der Waals surface area contributed by atoms with Crippen molar-refractivity contribution in [2.24, 2.45) is 0 Å². The Morgan fingerprint density at radius 3 is 2.45 bits per heavy atom. The van der Waals surface area contributed by atoms with Crippen LogP contribution >= 0.6 is 0 Å². The highest BCUT2D eigenvalue weighted by Crippen LogP contribution is 2.28. The van der Waals surface area contributed by atoms with Gasteiger partial charge in [-0.05, 0) is 43.4 Å². The summed E-state index contributed by atoms with van der Waals surface area (Å²) in [5.74, 6) is -0.350. The summed E-state index contributed by atoms with van der Waals surface area (Å²) < 4.78 is 26.2. The smallest absolute Gasteiger partial charge is 0.241 e. The molecule has 0 aliphatic carbocycles. The molecule has 3 rings (SSSR count). The topological polar surface area (TPSA) is 66.5 Å². The predicted octanol–water partition coefficient (Wildman–Crippen LogP) is 4.10. The molecule has 3 aromatic carbocycles. The lowest BCUT2D eigenvalue weighted by molar-refractivity contribution is -0.120. The van der Waals surface area contributed by atoms with E-state index in [-0.39, 0.29) is 18.5 Å². The van der Waals surface area contributed by atoms with Crippen molar-refractivity contribution >= 4 is 32.4 Å². The zero-order chi connectivity index (χ0) is 21.2. The molecule has 3 aromatic rings. The van der Waals surface area contributed by atoms with Crippen molar-refractivity contribution in [3.05, 3.63) is 77.4 Å². The summed E-state index contributed by atoms with van der Waals surface area (Å²) in [6.07, 6.45) is 1.12. The van der Waals surface area contributed by atoms with E-state index in [0.29, 0.717) is 5.69 Å². The van der Waals surface area contributed by atoms with Gasteiger partial charge in [0.2, 0.25) is 15.9 Å². The van der Waals surface area contributed by atoms with E-state index < -0.39 is 10.0 Å². The standard InChI is InChI=1S/C23H26N2O3S/c1-16-12-13-17(2)21(14-16)18(3)24-23(26)15-25(29(4,27)28)22-11-7-9-19-8-5-6-10-20(19)22/h5-14,18H,15H2,1-4H3,(H,24,26)/t18-/m1/s1. The van der Waals surface area contributed by atoms with Gasteiger partial charge < -0.3 is 5.32 Å². The Morgan fingerprint density at radius 2 is 1.72 bits per heavy atom. The molecule has 1 amide bonds. The second-order valence-corrected chi connectivity index (χ2v) is 9.32. The van der Waals surface area contributed by atoms with Gasteiger partial charge in [0.15, 0.2) is 0 Å². The van der Waals surface area contributed by atoms with Crippen LogP contribution in [-0.2, 0) is 14.8 Å². The second-order valence-electron chi connectivity index (χ2n) is 7.42. The molecule has 0 aliphatic heterocycles. The molecule has 5 nitrogen and oxygen atoms in total. The maximum Gasteiger partial charge on any atom is 0.241 e. The van der Waals surface area contributed by atoms with E-state index in [9.17, 15) is 13.2 Å². The van der Waals surface area contributed by atoms with Crippen LogP contribution in [-0.4, -0.2) is 27.1 Å². The van der Waals surface area contributed by atoms with Gasteiger partial charge in [-0.2, -0.15) is 0 Å². The van der Waals surface area contributed by atoms with Crippen molar-refractivity contribution < 1.29 is 13.2 Å². The van der Waals surface area contributed by atoms with Gasteiger partial charge in [-0.3, -0.25) is 9.10 Å². The Morgan fingerprint density at radius 1 is 1.03 bits per heavy atom. The highest BCUT2D eigenvalue weighted by Gasteiger charge is 2.23. The molecule has 0 fully saturated rings. The number of hydrogen-bond acceptors (Lipinski definition) is 3. The number of rotatable bonds is 6. The monoisotopic (exact) mass is 410 g/mol. The molecule has 0 saturated carbocycles. The minimum absolute atomic E-state index is 0.226. The van der Waals surface area contributed by atoms with Gasteiger partial charge in [-0.1, -0.05) is 60.2 Å². The lowest BCUT2D eigenvalue weighted by atomic mass is 10.00. The molecule has 0 aromatic heterocycles. The lowest BCUT2D eigenvalue weighted by Crippen LogP contribution is -2.41. The Bertz CT molecular complexity index is 1150. The Labute approximate surface area is 172 Å². The number of aryl methyl sites for hydroxylation is 2. The van der Waals surface area contributed by atoms with Crippen LogP contribution in [0, 0.1) is 13.8 Å². The molecule has 0 radical (unpaired) electrons. The summed E-state index contributed by atoms with van der Waals surface area (Å²) in [5.41, 5.74) is 3.71. The van der Waals surface area contributed by atoms with Crippen LogP contribution in [0.2, 0.25) is 0 Å². The third-order valence-corrected chi connectivity index (χ3v) is 6.13. The van der Waals surface area contributed by atoms with Gasteiger partial charge in [0.05, 0.1) is 18.0 Å². The molecule has 29 heavy (non-hydrogen) atoms. The van der Waals surface area contributed by atoms with Crippen molar-refractivity contribution in [1.82, 2.24) is 5.32 Å². The van der Waals surface area contributed by atoms with E-state index in [0.717, 1.165) is 33.7 Å². The van der Waals surface area contributed by atoms with Crippen LogP contribution < -0.4 is 9.62 Å². The highest BCUT2D eigenvalue weighted by molar-refractivity contribution is 7.92. The number of carbonyl (C=O) groups excluding carboxylic acids is 1. The quantitative estimate of drug-likeness (QED) is 0.665. The first-order valence-electron chi connectivity index (χ1n) is 9.49. The number of nitrogens with one attached hydrogen (secondary N) is 1. The van der Waals surface area contributed by atoms with Crippen molar-refractivity contribution in [1.29, 1.82) is 0 Å². The molecule has 1 atom stereocenters. The normalized spacial score (nSPS) is 12.6. The van der Waals surface area contributed by atoms with E-state index >= 15 is 0 Å². The van der Waals surface area contributed by atoms with E-state index in [1.807, 2.05) is 69.3 Å². The molecule has 0 aliphatic rings. The largest absolute Gasteiger partial charge is 0.348 e. The first-order valence-corrected chi connectivity index (χ1v) is 11.3.